The van der Waals surface area contributed by atoms with Gasteiger partial charge in [-0.25, -0.2) is 14.8 Å². The van der Waals surface area contributed by atoms with Crippen LogP contribution in [0, 0.1) is 32.5 Å². The van der Waals surface area contributed by atoms with Crippen LogP contribution in [0.3, 0.4) is 0 Å². The van der Waals surface area contributed by atoms with Crippen molar-refractivity contribution in [1.29, 1.82) is 0 Å². The van der Waals surface area contributed by atoms with Crippen LogP contribution in [0.25, 0.3) is 11.1 Å². The number of nitrogens with zero attached hydrogens (tertiary/aromatic N) is 1. The standard InChI is InChI=1S/C29H40FN3O5/c1-16(2)10-24(32-33-14-21(15-33)37-6)29(36)31-23(13-26(34)35)22-12-20(11-18(4)28(22)30)27-17(3)8-9-25(38-7)19(27)5/h8-9,11-12,16,21,23-24,32H,10,13-15H2,1-7H3,(H,31,36)(H,34,35)/t23-,24?/m0/s1. The first-order chi connectivity index (χ1) is 17.9. The zero-order valence-corrected chi connectivity index (χ0v) is 23.4. The summed E-state index contributed by atoms with van der Waals surface area (Å²) in [6, 6.07) is 5.56. The Labute approximate surface area is 224 Å². The fourth-order valence-corrected chi connectivity index (χ4v) is 4.98. The zero-order chi connectivity index (χ0) is 28.1. The first-order valence-electron chi connectivity index (χ1n) is 13.0. The molecule has 1 fully saturated rings. The zero-order valence-electron chi connectivity index (χ0n) is 23.4. The number of ether oxygens (including phenoxy) is 2. The number of hydrogen-bond donors (Lipinski definition) is 3. The molecule has 38 heavy (non-hydrogen) atoms. The highest BCUT2D eigenvalue weighted by molar-refractivity contribution is 5.83. The van der Waals surface area contributed by atoms with Gasteiger partial charge in [0.2, 0.25) is 5.91 Å². The number of benzene rings is 2. The molecule has 2 aromatic rings. The number of nitrogens with one attached hydrogen (secondary N) is 2. The Morgan fingerprint density at radius 2 is 1.82 bits per heavy atom. The summed E-state index contributed by atoms with van der Waals surface area (Å²) in [5.74, 6) is -1.13. The van der Waals surface area contributed by atoms with E-state index in [1.807, 2.05) is 44.8 Å². The van der Waals surface area contributed by atoms with Crippen molar-refractivity contribution in [3.8, 4) is 16.9 Å². The Bertz CT molecular complexity index is 1160. The van der Waals surface area contributed by atoms with E-state index in [1.54, 1.807) is 33.3 Å². The van der Waals surface area contributed by atoms with Crippen LogP contribution in [0.5, 0.6) is 5.75 Å². The number of carbonyl (C=O) groups is 2. The molecule has 9 heteroatoms. The molecule has 2 aromatic carbocycles. The average molecular weight is 530 g/mol. The molecule has 0 saturated carbocycles. The normalized spacial score (nSPS) is 15.7. The number of aryl methyl sites for hydroxylation is 2. The van der Waals surface area contributed by atoms with Crippen LogP contribution < -0.4 is 15.5 Å². The summed E-state index contributed by atoms with van der Waals surface area (Å²) in [6.07, 6.45) is 0.183. The van der Waals surface area contributed by atoms with Gasteiger partial charge in [0.05, 0.1) is 25.7 Å². The fourth-order valence-electron chi connectivity index (χ4n) is 4.98. The van der Waals surface area contributed by atoms with E-state index in [1.165, 1.54) is 0 Å². The van der Waals surface area contributed by atoms with Gasteiger partial charge in [-0.3, -0.25) is 9.59 Å². The summed E-state index contributed by atoms with van der Waals surface area (Å²) >= 11 is 0. The van der Waals surface area contributed by atoms with Crippen molar-refractivity contribution in [3.63, 3.8) is 0 Å². The van der Waals surface area contributed by atoms with Crippen LogP contribution >= 0.6 is 0 Å². The number of carboxylic acid groups (broad SMARTS) is 1. The molecule has 0 spiro atoms. The Morgan fingerprint density at radius 1 is 1.13 bits per heavy atom. The SMILES string of the molecule is COc1ccc(C)c(-c2cc(C)c(F)c([C@H](CC(=O)O)NC(=O)C(CC(C)C)NN3CC(OC)C3)c2)c1C. The molecule has 0 aromatic heterocycles. The summed E-state index contributed by atoms with van der Waals surface area (Å²) in [6.45, 7) is 10.8. The van der Waals surface area contributed by atoms with E-state index in [0.717, 1.165) is 22.3 Å². The van der Waals surface area contributed by atoms with Gasteiger partial charge in [0.1, 0.15) is 17.6 Å². The number of hydrogen-bond acceptors (Lipinski definition) is 6. The van der Waals surface area contributed by atoms with Crippen LogP contribution in [0.4, 0.5) is 4.39 Å². The van der Waals surface area contributed by atoms with Crippen molar-refractivity contribution in [2.24, 2.45) is 5.92 Å². The second-order valence-electron chi connectivity index (χ2n) is 10.5. The molecule has 8 nitrogen and oxygen atoms in total. The maximum atomic E-state index is 15.6. The van der Waals surface area contributed by atoms with E-state index in [9.17, 15) is 14.7 Å². The molecule has 1 unspecified atom stereocenters. The van der Waals surface area contributed by atoms with Gasteiger partial charge < -0.3 is 19.9 Å². The molecule has 208 valence electrons. The van der Waals surface area contributed by atoms with Gasteiger partial charge in [-0.15, -0.1) is 0 Å². The Hall–Kier alpha value is -3.01. The number of hydrazine groups is 1. The fraction of sp³-hybridized carbons (Fsp3) is 0.517. The van der Waals surface area contributed by atoms with Crippen molar-refractivity contribution < 1.29 is 28.6 Å². The van der Waals surface area contributed by atoms with Gasteiger partial charge in [-0.1, -0.05) is 19.9 Å². The molecular weight excluding hydrogens is 489 g/mol. The molecule has 0 aliphatic carbocycles. The van der Waals surface area contributed by atoms with Gasteiger partial charge in [0.15, 0.2) is 0 Å². The number of carbonyl (C=O) groups excluding carboxylic acids is 1. The number of methoxy groups -OCH3 is 2. The summed E-state index contributed by atoms with van der Waals surface area (Å²) < 4.78 is 26.4. The molecule has 0 radical (unpaired) electrons. The number of amides is 1. The second-order valence-corrected chi connectivity index (χ2v) is 10.5. The quantitative estimate of drug-likeness (QED) is 0.377. The van der Waals surface area contributed by atoms with E-state index in [0.29, 0.717) is 30.8 Å². The van der Waals surface area contributed by atoms with E-state index in [4.69, 9.17) is 9.47 Å². The monoisotopic (exact) mass is 529 g/mol. The van der Waals surface area contributed by atoms with Gasteiger partial charge in [0, 0.05) is 25.8 Å². The average Bonchev–Trinajstić information content (AvgIpc) is 2.81. The molecule has 2 atom stereocenters. The molecule has 1 saturated heterocycles. The van der Waals surface area contributed by atoms with Crippen molar-refractivity contribution in [2.45, 2.75) is 65.6 Å². The molecule has 0 bridgehead atoms. The lowest BCUT2D eigenvalue weighted by molar-refractivity contribution is -0.138. The highest BCUT2D eigenvalue weighted by atomic mass is 19.1. The number of rotatable bonds is 12. The van der Waals surface area contributed by atoms with Crippen LogP contribution in [0.2, 0.25) is 0 Å². The maximum absolute atomic E-state index is 15.6. The smallest absolute Gasteiger partial charge is 0.305 e. The predicted molar refractivity (Wildman–Crippen MR) is 144 cm³/mol. The third-order valence-corrected chi connectivity index (χ3v) is 7.03. The third-order valence-electron chi connectivity index (χ3n) is 7.03. The highest BCUT2D eigenvalue weighted by Crippen LogP contribution is 2.36. The number of halogens is 1. The van der Waals surface area contributed by atoms with Gasteiger partial charge >= 0.3 is 5.97 Å². The molecule has 1 amide bonds. The van der Waals surface area contributed by atoms with Crippen molar-refractivity contribution >= 4 is 11.9 Å². The van der Waals surface area contributed by atoms with E-state index >= 15 is 4.39 Å². The molecule has 3 rings (SSSR count). The lowest BCUT2D eigenvalue weighted by Crippen LogP contribution is -2.63. The minimum absolute atomic E-state index is 0.105. The topological polar surface area (TPSA) is 100 Å². The van der Waals surface area contributed by atoms with Crippen LogP contribution in [0.1, 0.15) is 55.0 Å². The second kappa shape index (κ2) is 12.7. The van der Waals surface area contributed by atoms with E-state index in [-0.39, 0.29) is 23.5 Å². The molecular formula is C29H40FN3O5. The Morgan fingerprint density at radius 3 is 2.39 bits per heavy atom. The number of carboxylic acids is 1. The Kier molecular flexibility index (Phi) is 9.87. The lowest BCUT2D eigenvalue weighted by atomic mass is 9.90. The summed E-state index contributed by atoms with van der Waals surface area (Å²) in [5.41, 5.74) is 7.24. The largest absolute Gasteiger partial charge is 0.496 e. The van der Waals surface area contributed by atoms with Crippen molar-refractivity contribution in [1.82, 2.24) is 15.8 Å². The minimum atomic E-state index is -1.13. The highest BCUT2D eigenvalue weighted by Gasteiger charge is 2.32. The van der Waals surface area contributed by atoms with Gasteiger partial charge in [-0.05, 0) is 79.1 Å². The Balaban J connectivity index is 1.97. The molecule has 1 aliphatic heterocycles. The van der Waals surface area contributed by atoms with Crippen LogP contribution in [-0.4, -0.2) is 61.4 Å². The van der Waals surface area contributed by atoms with Gasteiger partial charge in [-0.2, -0.15) is 0 Å². The molecule has 1 heterocycles. The lowest BCUT2D eigenvalue weighted by Gasteiger charge is -2.40. The molecule has 3 N–H and O–H groups in total. The van der Waals surface area contributed by atoms with Crippen LogP contribution in [-0.2, 0) is 14.3 Å². The first-order valence-corrected chi connectivity index (χ1v) is 13.0. The predicted octanol–water partition coefficient (Wildman–Crippen LogP) is 4.31. The van der Waals surface area contributed by atoms with E-state index < -0.39 is 30.3 Å². The minimum Gasteiger partial charge on any atom is -0.496 e. The van der Waals surface area contributed by atoms with E-state index in [2.05, 4.69) is 10.7 Å². The summed E-state index contributed by atoms with van der Waals surface area (Å²) in [7, 11) is 3.24. The summed E-state index contributed by atoms with van der Waals surface area (Å²) in [5, 5.41) is 14.4. The van der Waals surface area contributed by atoms with Crippen molar-refractivity contribution in [3.05, 3.63) is 52.3 Å². The first kappa shape index (κ1) is 29.5. The molecule has 1 aliphatic rings. The van der Waals surface area contributed by atoms with Gasteiger partial charge in [0.25, 0.3) is 0 Å². The maximum Gasteiger partial charge on any atom is 0.305 e. The summed E-state index contributed by atoms with van der Waals surface area (Å²) in [4.78, 5) is 25.3. The van der Waals surface area contributed by atoms with Crippen molar-refractivity contribution in [2.75, 3.05) is 27.3 Å². The third kappa shape index (κ3) is 6.89. The number of aliphatic carboxylic acids is 1. The van der Waals surface area contributed by atoms with Crippen LogP contribution in [0.15, 0.2) is 24.3 Å².